The summed E-state index contributed by atoms with van der Waals surface area (Å²) >= 11 is 0. The summed E-state index contributed by atoms with van der Waals surface area (Å²) in [6, 6.07) is 14.4. The molecule has 0 bridgehead atoms. The standard InChI is InChI=1S/C18H19NO3/c20-11-16-15-6-2-1-4-13(15)8-9-19(16)10-14-5-3-7-17-18(14)22-12-21-17/h1-7,16,20H,8-12H2. The van der Waals surface area contributed by atoms with Crippen LogP contribution in [0, 0.1) is 0 Å². The quantitative estimate of drug-likeness (QED) is 0.945. The van der Waals surface area contributed by atoms with E-state index in [4.69, 9.17) is 9.47 Å². The van der Waals surface area contributed by atoms with E-state index in [0.29, 0.717) is 6.79 Å². The van der Waals surface area contributed by atoms with Crippen LogP contribution >= 0.6 is 0 Å². The molecule has 2 aliphatic heterocycles. The molecule has 4 heteroatoms. The van der Waals surface area contributed by atoms with Crippen molar-refractivity contribution in [3.8, 4) is 11.5 Å². The minimum atomic E-state index is 0.0446. The minimum Gasteiger partial charge on any atom is -0.454 e. The molecule has 2 aromatic carbocycles. The fraction of sp³-hybridized carbons (Fsp3) is 0.333. The first-order valence-corrected chi connectivity index (χ1v) is 7.67. The van der Waals surface area contributed by atoms with Crippen LogP contribution in [0.4, 0.5) is 0 Å². The number of fused-ring (bicyclic) bond motifs is 2. The molecule has 114 valence electrons. The molecule has 0 amide bonds. The molecule has 0 radical (unpaired) electrons. The summed E-state index contributed by atoms with van der Waals surface area (Å²) in [6.45, 7) is 2.11. The molecule has 1 atom stereocenters. The molecular formula is C18H19NO3. The zero-order valence-electron chi connectivity index (χ0n) is 12.4. The molecule has 2 aromatic rings. The molecule has 0 saturated heterocycles. The summed E-state index contributed by atoms with van der Waals surface area (Å²) < 4.78 is 11.0. The molecule has 4 rings (SSSR count). The van der Waals surface area contributed by atoms with Gasteiger partial charge in [0, 0.05) is 18.7 Å². The second-order valence-corrected chi connectivity index (χ2v) is 5.77. The highest BCUT2D eigenvalue weighted by Crippen LogP contribution is 2.38. The lowest BCUT2D eigenvalue weighted by molar-refractivity contribution is 0.106. The van der Waals surface area contributed by atoms with Crippen molar-refractivity contribution in [1.29, 1.82) is 0 Å². The number of nitrogens with zero attached hydrogens (tertiary/aromatic N) is 1. The summed E-state index contributed by atoms with van der Waals surface area (Å²) in [5.41, 5.74) is 3.70. The van der Waals surface area contributed by atoms with Gasteiger partial charge in [0.2, 0.25) is 6.79 Å². The van der Waals surface area contributed by atoms with Crippen molar-refractivity contribution in [3.05, 3.63) is 59.2 Å². The molecule has 4 nitrogen and oxygen atoms in total. The Labute approximate surface area is 129 Å². The monoisotopic (exact) mass is 297 g/mol. The normalized spacial score (nSPS) is 20.0. The van der Waals surface area contributed by atoms with Crippen molar-refractivity contribution < 1.29 is 14.6 Å². The lowest BCUT2D eigenvalue weighted by Crippen LogP contribution is -2.36. The minimum absolute atomic E-state index is 0.0446. The number of para-hydroxylation sites is 1. The molecule has 22 heavy (non-hydrogen) atoms. The Morgan fingerprint density at radius 3 is 2.91 bits per heavy atom. The van der Waals surface area contributed by atoms with Crippen LogP contribution in [0.3, 0.4) is 0 Å². The fourth-order valence-electron chi connectivity index (χ4n) is 3.44. The Hall–Kier alpha value is -2.04. The van der Waals surface area contributed by atoms with Gasteiger partial charge in [-0.05, 0) is 23.6 Å². The smallest absolute Gasteiger partial charge is 0.231 e. The van der Waals surface area contributed by atoms with E-state index in [2.05, 4.69) is 29.2 Å². The van der Waals surface area contributed by atoms with Gasteiger partial charge in [0.1, 0.15) is 0 Å². The molecule has 1 N–H and O–H groups in total. The van der Waals surface area contributed by atoms with E-state index in [1.54, 1.807) is 0 Å². The molecule has 0 spiro atoms. The average molecular weight is 297 g/mol. The van der Waals surface area contributed by atoms with Gasteiger partial charge >= 0.3 is 0 Å². The van der Waals surface area contributed by atoms with Crippen LogP contribution < -0.4 is 9.47 Å². The Balaban J connectivity index is 1.63. The molecule has 0 saturated carbocycles. The number of aliphatic hydroxyl groups is 1. The Kier molecular flexibility index (Phi) is 3.48. The number of hydrogen-bond donors (Lipinski definition) is 1. The highest BCUT2D eigenvalue weighted by Gasteiger charge is 2.28. The van der Waals surface area contributed by atoms with Crippen LogP contribution in [-0.2, 0) is 13.0 Å². The summed E-state index contributed by atoms with van der Waals surface area (Å²) in [7, 11) is 0. The first-order valence-electron chi connectivity index (χ1n) is 7.67. The van der Waals surface area contributed by atoms with Gasteiger partial charge in [0.15, 0.2) is 11.5 Å². The summed E-state index contributed by atoms with van der Waals surface area (Å²) in [4.78, 5) is 2.32. The van der Waals surface area contributed by atoms with Crippen LogP contribution in [0.15, 0.2) is 42.5 Å². The van der Waals surface area contributed by atoms with Crippen molar-refractivity contribution in [2.75, 3.05) is 19.9 Å². The van der Waals surface area contributed by atoms with Crippen LogP contribution in [0.5, 0.6) is 11.5 Å². The van der Waals surface area contributed by atoms with Gasteiger partial charge in [0.05, 0.1) is 12.6 Å². The zero-order chi connectivity index (χ0) is 14.9. The van der Waals surface area contributed by atoms with Crippen LogP contribution in [0.1, 0.15) is 22.7 Å². The van der Waals surface area contributed by atoms with Crippen LogP contribution in [0.25, 0.3) is 0 Å². The van der Waals surface area contributed by atoms with E-state index in [1.165, 1.54) is 11.1 Å². The van der Waals surface area contributed by atoms with E-state index in [9.17, 15) is 5.11 Å². The van der Waals surface area contributed by atoms with E-state index in [-0.39, 0.29) is 12.6 Å². The van der Waals surface area contributed by atoms with E-state index in [0.717, 1.165) is 36.6 Å². The number of benzene rings is 2. The number of aliphatic hydroxyl groups excluding tert-OH is 1. The second kappa shape index (κ2) is 5.63. The number of ether oxygens (including phenoxy) is 2. The third-order valence-electron chi connectivity index (χ3n) is 4.55. The van der Waals surface area contributed by atoms with Crippen LogP contribution in [0.2, 0.25) is 0 Å². The lowest BCUT2D eigenvalue weighted by atomic mass is 9.92. The molecule has 0 aliphatic carbocycles. The van der Waals surface area contributed by atoms with Gasteiger partial charge in [-0.3, -0.25) is 4.90 Å². The maximum absolute atomic E-state index is 9.88. The molecular weight excluding hydrogens is 278 g/mol. The van der Waals surface area contributed by atoms with Gasteiger partial charge in [0.25, 0.3) is 0 Å². The van der Waals surface area contributed by atoms with Crippen molar-refractivity contribution in [2.24, 2.45) is 0 Å². The SMILES string of the molecule is OCC1c2ccccc2CCN1Cc1cccc2c1OCO2. The molecule has 0 aromatic heterocycles. The van der Waals surface area contributed by atoms with Gasteiger partial charge in [-0.15, -0.1) is 0 Å². The largest absolute Gasteiger partial charge is 0.454 e. The number of rotatable bonds is 3. The van der Waals surface area contributed by atoms with Gasteiger partial charge in [-0.2, -0.15) is 0 Å². The molecule has 1 unspecified atom stereocenters. The Bertz CT molecular complexity index is 686. The number of hydrogen-bond acceptors (Lipinski definition) is 4. The van der Waals surface area contributed by atoms with Crippen molar-refractivity contribution in [3.63, 3.8) is 0 Å². The maximum Gasteiger partial charge on any atom is 0.231 e. The third kappa shape index (κ3) is 2.25. The van der Waals surface area contributed by atoms with E-state index < -0.39 is 0 Å². The van der Waals surface area contributed by atoms with E-state index >= 15 is 0 Å². The van der Waals surface area contributed by atoms with Crippen LogP contribution in [-0.4, -0.2) is 30.0 Å². The average Bonchev–Trinajstić information content (AvgIpc) is 3.04. The van der Waals surface area contributed by atoms with Gasteiger partial charge in [-0.1, -0.05) is 36.4 Å². The first-order chi connectivity index (χ1) is 10.9. The van der Waals surface area contributed by atoms with Gasteiger partial charge in [-0.25, -0.2) is 0 Å². The lowest BCUT2D eigenvalue weighted by Gasteiger charge is -2.36. The topological polar surface area (TPSA) is 41.9 Å². The molecule has 0 fully saturated rings. The maximum atomic E-state index is 9.88. The highest BCUT2D eigenvalue weighted by atomic mass is 16.7. The summed E-state index contributed by atoms with van der Waals surface area (Å²) in [5, 5.41) is 9.88. The summed E-state index contributed by atoms with van der Waals surface area (Å²) in [6.07, 6.45) is 1.01. The summed E-state index contributed by atoms with van der Waals surface area (Å²) in [5.74, 6) is 1.66. The van der Waals surface area contributed by atoms with Crippen molar-refractivity contribution in [2.45, 2.75) is 19.0 Å². The van der Waals surface area contributed by atoms with Gasteiger partial charge < -0.3 is 14.6 Å². The third-order valence-corrected chi connectivity index (χ3v) is 4.55. The predicted molar refractivity (Wildman–Crippen MR) is 82.9 cm³/mol. The second-order valence-electron chi connectivity index (χ2n) is 5.77. The molecule has 2 heterocycles. The Morgan fingerprint density at radius 2 is 2.00 bits per heavy atom. The Morgan fingerprint density at radius 1 is 1.09 bits per heavy atom. The first kappa shape index (κ1) is 13.6. The fourth-order valence-corrected chi connectivity index (χ4v) is 3.44. The van der Waals surface area contributed by atoms with Crippen molar-refractivity contribution in [1.82, 2.24) is 4.90 Å². The molecule has 2 aliphatic rings. The zero-order valence-corrected chi connectivity index (χ0v) is 12.4. The highest BCUT2D eigenvalue weighted by molar-refractivity contribution is 5.48. The predicted octanol–water partition coefficient (Wildman–Crippen LogP) is 2.51. The van der Waals surface area contributed by atoms with Crippen molar-refractivity contribution >= 4 is 0 Å². The van der Waals surface area contributed by atoms with E-state index in [1.807, 2.05) is 18.2 Å².